The van der Waals surface area contributed by atoms with Crippen LogP contribution in [0.4, 0.5) is 17.5 Å². The molecule has 0 saturated carbocycles. The molecule has 19 heavy (non-hydrogen) atoms. The molecule has 2 aromatic rings. The third kappa shape index (κ3) is 2.38. The maximum absolute atomic E-state index is 10.7. The van der Waals surface area contributed by atoms with E-state index in [9.17, 15) is 10.1 Å². The van der Waals surface area contributed by atoms with Crippen LogP contribution in [0.1, 0.15) is 0 Å². The summed E-state index contributed by atoms with van der Waals surface area (Å²) in [7, 11) is 0. The highest BCUT2D eigenvalue weighted by molar-refractivity contribution is 6.45. The minimum absolute atomic E-state index is 0.0101. The molecule has 0 fully saturated rings. The fourth-order valence-corrected chi connectivity index (χ4v) is 2.00. The second-order valence-corrected chi connectivity index (χ2v) is 4.30. The molecule has 0 bridgehead atoms. The van der Waals surface area contributed by atoms with Crippen molar-refractivity contribution in [1.29, 1.82) is 0 Å². The van der Waals surface area contributed by atoms with Gasteiger partial charge in [-0.15, -0.1) is 0 Å². The molecule has 4 N–H and O–H groups in total. The van der Waals surface area contributed by atoms with Crippen LogP contribution in [0.15, 0.2) is 18.3 Å². The lowest BCUT2D eigenvalue weighted by Gasteiger charge is -2.08. The first kappa shape index (κ1) is 13.3. The van der Waals surface area contributed by atoms with E-state index in [2.05, 4.69) is 9.97 Å². The Hall–Kier alpha value is -2.12. The van der Waals surface area contributed by atoms with Gasteiger partial charge < -0.3 is 11.5 Å². The largest absolute Gasteiger partial charge is 0.383 e. The van der Waals surface area contributed by atoms with Gasteiger partial charge in [0.25, 0.3) is 5.69 Å². The molecule has 0 radical (unpaired) electrons. The Labute approximate surface area is 117 Å². The van der Waals surface area contributed by atoms with Crippen LogP contribution in [0.2, 0.25) is 10.0 Å². The Morgan fingerprint density at radius 3 is 2.42 bits per heavy atom. The Morgan fingerprint density at radius 2 is 1.84 bits per heavy atom. The predicted molar refractivity (Wildman–Crippen MR) is 73.0 cm³/mol. The summed E-state index contributed by atoms with van der Waals surface area (Å²) >= 11 is 11.9. The molecule has 0 amide bonds. The normalized spacial score (nSPS) is 10.4. The Bertz CT molecular complexity index is 677. The van der Waals surface area contributed by atoms with Crippen LogP contribution in [0.5, 0.6) is 0 Å². The number of rotatable bonds is 2. The van der Waals surface area contributed by atoms with E-state index in [1.807, 2.05) is 0 Å². The summed E-state index contributed by atoms with van der Waals surface area (Å²) in [6, 6.07) is 2.66. The maximum Gasteiger partial charge on any atom is 0.289 e. The third-order valence-corrected chi connectivity index (χ3v) is 3.26. The number of benzene rings is 1. The standard InChI is InChI=1S/C10H7Cl2N5O2/c11-7-4(1-2-6(8(7)12)17(18)19)5-3-15-10(14)16-9(5)13/h1-3H,(H4,13,14,15,16). The Kier molecular flexibility index (Phi) is 3.41. The number of anilines is 2. The summed E-state index contributed by atoms with van der Waals surface area (Å²) in [6.45, 7) is 0. The van der Waals surface area contributed by atoms with Gasteiger partial charge in [-0.1, -0.05) is 23.2 Å². The minimum atomic E-state index is -0.624. The molecule has 0 aliphatic heterocycles. The molecule has 98 valence electrons. The maximum atomic E-state index is 10.7. The van der Waals surface area contributed by atoms with Gasteiger partial charge in [0.1, 0.15) is 10.8 Å². The highest BCUT2D eigenvalue weighted by atomic mass is 35.5. The molecule has 9 heteroatoms. The van der Waals surface area contributed by atoms with Crippen molar-refractivity contribution in [2.75, 3.05) is 11.5 Å². The molecule has 7 nitrogen and oxygen atoms in total. The van der Waals surface area contributed by atoms with E-state index in [1.54, 1.807) is 0 Å². The smallest absolute Gasteiger partial charge is 0.289 e. The summed E-state index contributed by atoms with van der Waals surface area (Å²) in [5.74, 6) is 0.129. The van der Waals surface area contributed by atoms with Gasteiger partial charge in [0.15, 0.2) is 0 Å². The monoisotopic (exact) mass is 299 g/mol. The number of halogens is 2. The zero-order valence-electron chi connectivity index (χ0n) is 9.30. The second-order valence-electron chi connectivity index (χ2n) is 3.54. The van der Waals surface area contributed by atoms with E-state index < -0.39 is 4.92 Å². The van der Waals surface area contributed by atoms with Crippen molar-refractivity contribution in [1.82, 2.24) is 9.97 Å². The number of nitro groups is 1. The van der Waals surface area contributed by atoms with Crippen molar-refractivity contribution >= 4 is 40.7 Å². The summed E-state index contributed by atoms with van der Waals surface area (Å²) in [6.07, 6.45) is 1.38. The van der Waals surface area contributed by atoms with Crippen LogP contribution in [0, 0.1) is 10.1 Å². The first-order chi connectivity index (χ1) is 8.91. The lowest BCUT2D eigenvalue weighted by Crippen LogP contribution is -2.01. The van der Waals surface area contributed by atoms with Crippen molar-refractivity contribution in [3.05, 3.63) is 38.5 Å². The molecule has 1 heterocycles. The summed E-state index contributed by atoms with van der Waals surface area (Å²) in [4.78, 5) is 17.7. The van der Waals surface area contributed by atoms with Crippen molar-refractivity contribution < 1.29 is 4.92 Å². The van der Waals surface area contributed by atoms with Crippen LogP contribution >= 0.6 is 23.2 Å². The Balaban J connectivity index is 2.64. The molecule has 2 rings (SSSR count). The lowest BCUT2D eigenvalue weighted by atomic mass is 10.1. The highest BCUT2D eigenvalue weighted by Gasteiger charge is 2.20. The average molecular weight is 300 g/mol. The van der Waals surface area contributed by atoms with E-state index >= 15 is 0 Å². The number of hydrogen-bond acceptors (Lipinski definition) is 6. The zero-order valence-corrected chi connectivity index (χ0v) is 10.8. The van der Waals surface area contributed by atoms with Crippen LogP contribution < -0.4 is 11.5 Å². The predicted octanol–water partition coefficient (Wildman–Crippen LogP) is 2.52. The second kappa shape index (κ2) is 4.87. The molecule has 0 unspecified atom stereocenters. The quantitative estimate of drug-likeness (QED) is 0.649. The summed E-state index contributed by atoms with van der Waals surface area (Å²) < 4.78 is 0. The van der Waals surface area contributed by atoms with Gasteiger partial charge in [-0.3, -0.25) is 10.1 Å². The van der Waals surface area contributed by atoms with Gasteiger partial charge in [-0.2, -0.15) is 4.98 Å². The lowest BCUT2D eigenvalue weighted by molar-refractivity contribution is -0.384. The van der Waals surface area contributed by atoms with Gasteiger partial charge in [0.2, 0.25) is 5.95 Å². The third-order valence-electron chi connectivity index (χ3n) is 2.39. The van der Waals surface area contributed by atoms with E-state index in [4.69, 9.17) is 34.7 Å². The number of aromatic nitrogens is 2. The topological polar surface area (TPSA) is 121 Å². The van der Waals surface area contributed by atoms with E-state index in [0.717, 1.165) is 0 Å². The van der Waals surface area contributed by atoms with E-state index in [1.165, 1.54) is 18.3 Å². The number of nitrogens with zero attached hydrogens (tertiary/aromatic N) is 3. The molecule has 1 aromatic carbocycles. The summed E-state index contributed by atoms with van der Waals surface area (Å²) in [5, 5.41) is 10.6. The van der Waals surface area contributed by atoms with Crippen molar-refractivity contribution in [3.8, 4) is 11.1 Å². The number of nitrogens with two attached hydrogens (primary N) is 2. The molecule has 0 spiro atoms. The van der Waals surface area contributed by atoms with Gasteiger partial charge in [0, 0.05) is 23.4 Å². The first-order valence-electron chi connectivity index (χ1n) is 4.92. The van der Waals surface area contributed by atoms with Gasteiger partial charge >= 0.3 is 0 Å². The fourth-order valence-electron chi connectivity index (χ4n) is 1.51. The van der Waals surface area contributed by atoms with E-state index in [0.29, 0.717) is 11.1 Å². The zero-order chi connectivity index (χ0) is 14.2. The number of hydrogen-bond donors (Lipinski definition) is 2. The van der Waals surface area contributed by atoms with Crippen molar-refractivity contribution in [2.45, 2.75) is 0 Å². The van der Waals surface area contributed by atoms with Crippen molar-refractivity contribution in [3.63, 3.8) is 0 Å². The van der Waals surface area contributed by atoms with Crippen LogP contribution in [0.3, 0.4) is 0 Å². The molecule has 0 atom stereocenters. The van der Waals surface area contributed by atoms with Crippen LogP contribution in [0.25, 0.3) is 11.1 Å². The first-order valence-corrected chi connectivity index (χ1v) is 5.68. The summed E-state index contributed by atoms with van der Waals surface area (Å²) in [5.41, 5.74) is 11.6. The van der Waals surface area contributed by atoms with Crippen LogP contribution in [-0.4, -0.2) is 14.9 Å². The highest BCUT2D eigenvalue weighted by Crippen LogP contribution is 2.40. The van der Waals surface area contributed by atoms with Gasteiger partial charge in [0.05, 0.1) is 9.95 Å². The molecule has 1 aromatic heterocycles. The SMILES string of the molecule is Nc1ncc(-c2ccc([N+](=O)[O-])c(Cl)c2Cl)c(N)n1. The molecular formula is C10H7Cl2N5O2. The van der Waals surface area contributed by atoms with Crippen molar-refractivity contribution in [2.24, 2.45) is 0 Å². The van der Waals surface area contributed by atoms with Gasteiger partial charge in [-0.25, -0.2) is 4.98 Å². The molecule has 0 saturated heterocycles. The molecular weight excluding hydrogens is 293 g/mol. The van der Waals surface area contributed by atoms with E-state index in [-0.39, 0.29) is 27.5 Å². The number of nitrogen functional groups attached to an aromatic ring is 2. The Morgan fingerprint density at radius 1 is 1.16 bits per heavy atom. The molecule has 0 aliphatic carbocycles. The average Bonchev–Trinajstić information content (AvgIpc) is 2.33. The fraction of sp³-hybridized carbons (Fsp3) is 0. The number of nitro benzene ring substituents is 1. The minimum Gasteiger partial charge on any atom is -0.383 e. The van der Waals surface area contributed by atoms with Crippen LogP contribution in [-0.2, 0) is 0 Å². The molecule has 0 aliphatic rings. The van der Waals surface area contributed by atoms with Gasteiger partial charge in [-0.05, 0) is 6.07 Å².